The van der Waals surface area contributed by atoms with Crippen molar-refractivity contribution >= 4 is 28.4 Å². The standard InChI is InChI=1S/C27H43IO6/c1-15(14-28)5-6-23(32)26(4,33)22-8-10-27(34)17-11-19(29)18-12-20(30)21(31)13-24(18,2)16(17)7-9-25(22,27)3/h11,15-16,18,20-23,30-34H,5-10,12-14H2,1-4H3/t15?,16-,18-,20+,21-,22-,23?,24+,25+,26+,27?/m0/s1. The molecule has 11 atom stereocenters. The number of rotatable bonds is 6. The molecule has 4 rings (SSSR count). The van der Waals surface area contributed by atoms with Crippen LogP contribution in [0.4, 0.5) is 0 Å². The highest BCUT2D eigenvalue weighted by molar-refractivity contribution is 14.1. The summed E-state index contributed by atoms with van der Waals surface area (Å²) in [7, 11) is 0. The average molecular weight is 591 g/mol. The molecule has 0 bridgehead atoms. The van der Waals surface area contributed by atoms with E-state index in [1.807, 2.05) is 13.8 Å². The Balaban J connectivity index is 1.65. The third-order valence-electron chi connectivity index (χ3n) is 10.7. The first-order valence-electron chi connectivity index (χ1n) is 13.0. The number of alkyl halides is 1. The lowest BCUT2D eigenvalue weighted by molar-refractivity contribution is -0.176. The lowest BCUT2D eigenvalue weighted by atomic mass is 9.45. The largest absolute Gasteiger partial charge is 0.390 e. The Labute approximate surface area is 217 Å². The van der Waals surface area contributed by atoms with Gasteiger partial charge in [-0.15, -0.1) is 0 Å². The number of fused-ring (bicyclic) bond motifs is 5. The second-order valence-corrected chi connectivity index (χ2v) is 13.6. The smallest absolute Gasteiger partial charge is 0.159 e. The topological polar surface area (TPSA) is 118 Å². The molecule has 6 nitrogen and oxygen atoms in total. The molecule has 0 radical (unpaired) electrons. The molecule has 4 aliphatic carbocycles. The lowest BCUT2D eigenvalue weighted by Gasteiger charge is -2.60. The summed E-state index contributed by atoms with van der Waals surface area (Å²) in [5.41, 5.74) is -2.99. The van der Waals surface area contributed by atoms with E-state index in [1.165, 1.54) is 0 Å². The molecular weight excluding hydrogens is 547 g/mol. The summed E-state index contributed by atoms with van der Waals surface area (Å²) >= 11 is 2.34. The van der Waals surface area contributed by atoms with Crippen LogP contribution in [0.5, 0.6) is 0 Å². The maximum Gasteiger partial charge on any atom is 0.159 e. The summed E-state index contributed by atoms with van der Waals surface area (Å²) in [6.45, 7) is 7.92. The Bertz CT molecular complexity index is 843. The molecule has 34 heavy (non-hydrogen) atoms. The van der Waals surface area contributed by atoms with E-state index >= 15 is 0 Å². The number of hydrogen-bond acceptors (Lipinski definition) is 6. The molecule has 7 heteroatoms. The predicted octanol–water partition coefficient (Wildman–Crippen LogP) is 3.15. The van der Waals surface area contributed by atoms with Crippen LogP contribution in [0.15, 0.2) is 11.6 Å². The Morgan fingerprint density at radius 1 is 1.15 bits per heavy atom. The molecule has 0 aliphatic heterocycles. The number of allylic oxidation sites excluding steroid dienone is 1. The Morgan fingerprint density at radius 3 is 2.47 bits per heavy atom. The molecule has 3 fully saturated rings. The molecule has 0 heterocycles. The molecule has 3 saturated carbocycles. The second-order valence-electron chi connectivity index (χ2n) is 12.7. The normalized spacial score (nSPS) is 47.6. The molecule has 0 amide bonds. The Kier molecular flexibility index (Phi) is 7.18. The van der Waals surface area contributed by atoms with E-state index in [9.17, 15) is 30.3 Å². The molecule has 3 unspecified atom stereocenters. The summed E-state index contributed by atoms with van der Waals surface area (Å²) < 4.78 is 1.00. The van der Waals surface area contributed by atoms with Crippen molar-refractivity contribution in [2.75, 3.05) is 4.43 Å². The van der Waals surface area contributed by atoms with Gasteiger partial charge in [-0.2, -0.15) is 0 Å². The highest BCUT2D eigenvalue weighted by Crippen LogP contribution is 2.68. The van der Waals surface area contributed by atoms with Gasteiger partial charge in [0.1, 0.15) is 0 Å². The molecule has 4 aliphatic rings. The fraction of sp³-hybridized carbons (Fsp3) is 0.889. The maximum atomic E-state index is 13.3. The van der Waals surface area contributed by atoms with Crippen molar-refractivity contribution in [1.29, 1.82) is 0 Å². The lowest BCUT2D eigenvalue weighted by Crippen LogP contribution is -2.62. The van der Waals surface area contributed by atoms with Gasteiger partial charge >= 0.3 is 0 Å². The summed E-state index contributed by atoms with van der Waals surface area (Å²) in [6, 6.07) is 0. The number of halogens is 1. The van der Waals surface area contributed by atoms with Gasteiger partial charge in [0.2, 0.25) is 0 Å². The van der Waals surface area contributed by atoms with Crippen molar-refractivity contribution < 1.29 is 30.3 Å². The highest BCUT2D eigenvalue weighted by Gasteiger charge is 2.69. The van der Waals surface area contributed by atoms with E-state index in [-0.39, 0.29) is 30.0 Å². The first kappa shape index (κ1) is 27.0. The zero-order valence-corrected chi connectivity index (χ0v) is 23.2. The zero-order valence-electron chi connectivity index (χ0n) is 21.0. The zero-order chi connectivity index (χ0) is 25.3. The molecule has 0 saturated heterocycles. The number of aliphatic hydroxyl groups excluding tert-OH is 3. The predicted molar refractivity (Wildman–Crippen MR) is 138 cm³/mol. The van der Waals surface area contributed by atoms with Gasteiger partial charge in [-0.3, -0.25) is 4.79 Å². The van der Waals surface area contributed by atoms with E-state index in [0.717, 1.165) is 22.8 Å². The van der Waals surface area contributed by atoms with Crippen LogP contribution in [0.2, 0.25) is 0 Å². The molecule has 5 N–H and O–H groups in total. The van der Waals surface area contributed by atoms with Gasteiger partial charge < -0.3 is 25.5 Å². The van der Waals surface area contributed by atoms with Crippen LogP contribution < -0.4 is 0 Å². The Hall–Kier alpha value is -0.0600. The van der Waals surface area contributed by atoms with Gasteiger partial charge in [0.15, 0.2) is 5.78 Å². The van der Waals surface area contributed by atoms with Crippen LogP contribution >= 0.6 is 22.6 Å². The number of carbonyl (C=O) groups excluding carboxylic acids is 1. The third-order valence-corrected chi connectivity index (χ3v) is 12.2. The van der Waals surface area contributed by atoms with Crippen LogP contribution in [-0.2, 0) is 4.79 Å². The maximum absolute atomic E-state index is 13.3. The van der Waals surface area contributed by atoms with Gasteiger partial charge in [-0.1, -0.05) is 43.4 Å². The summed E-state index contributed by atoms with van der Waals surface area (Å²) in [5.74, 6) is -0.297. The van der Waals surface area contributed by atoms with Gasteiger partial charge in [0, 0.05) is 15.8 Å². The van der Waals surface area contributed by atoms with Crippen molar-refractivity contribution in [2.24, 2.45) is 34.5 Å². The highest BCUT2D eigenvalue weighted by atomic mass is 127. The second kappa shape index (κ2) is 9.05. The monoisotopic (exact) mass is 590 g/mol. The summed E-state index contributed by atoms with van der Waals surface area (Å²) in [4.78, 5) is 13.3. The van der Waals surface area contributed by atoms with Crippen LogP contribution in [-0.4, -0.2) is 65.3 Å². The third kappa shape index (κ3) is 3.87. The van der Waals surface area contributed by atoms with Crippen molar-refractivity contribution in [3.63, 3.8) is 0 Å². The number of hydrogen-bond donors (Lipinski definition) is 5. The van der Waals surface area contributed by atoms with Crippen LogP contribution in [0, 0.1) is 34.5 Å². The van der Waals surface area contributed by atoms with Gasteiger partial charge in [0.25, 0.3) is 0 Å². The van der Waals surface area contributed by atoms with Gasteiger partial charge in [-0.05, 0) is 93.1 Å². The Morgan fingerprint density at radius 2 is 1.82 bits per heavy atom. The van der Waals surface area contributed by atoms with E-state index in [4.69, 9.17) is 0 Å². The van der Waals surface area contributed by atoms with Crippen molar-refractivity contribution in [1.82, 2.24) is 0 Å². The van der Waals surface area contributed by atoms with Crippen molar-refractivity contribution in [2.45, 2.75) is 109 Å². The van der Waals surface area contributed by atoms with Crippen LogP contribution in [0.3, 0.4) is 0 Å². The number of carbonyl (C=O) groups is 1. The first-order valence-corrected chi connectivity index (χ1v) is 14.6. The van der Waals surface area contributed by atoms with E-state index in [0.29, 0.717) is 38.0 Å². The van der Waals surface area contributed by atoms with Crippen molar-refractivity contribution in [3.8, 4) is 0 Å². The van der Waals surface area contributed by atoms with Gasteiger partial charge in [0.05, 0.1) is 29.5 Å². The number of ketones is 1. The van der Waals surface area contributed by atoms with Crippen LogP contribution in [0.25, 0.3) is 0 Å². The molecule has 0 aromatic carbocycles. The van der Waals surface area contributed by atoms with Crippen LogP contribution in [0.1, 0.15) is 79.1 Å². The van der Waals surface area contributed by atoms with Crippen molar-refractivity contribution in [3.05, 3.63) is 11.6 Å². The van der Waals surface area contributed by atoms with Gasteiger partial charge in [-0.25, -0.2) is 0 Å². The summed E-state index contributed by atoms with van der Waals surface area (Å²) in [6.07, 6.45) is 3.41. The SMILES string of the molecule is CC(CI)CCC(O)[C@](C)(O)[C@H]1CCC2(O)C3=CC(=O)[C@@H]4C[C@@H](O)[C@@H](O)C[C@]4(C)[C@H]3CC[C@]12C. The molecule has 0 aromatic heterocycles. The first-order chi connectivity index (χ1) is 15.7. The molecule has 0 aromatic rings. The number of aliphatic hydroxyl groups is 5. The fourth-order valence-corrected chi connectivity index (χ4v) is 8.79. The summed E-state index contributed by atoms with van der Waals surface area (Å²) in [5, 5.41) is 55.6. The fourth-order valence-electron chi connectivity index (χ4n) is 8.35. The minimum Gasteiger partial charge on any atom is -0.390 e. The van der Waals surface area contributed by atoms with E-state index < -0.39 is 40.3 Å². The quantitative estimate of drug-likeness (QED) is 0.240. The minimum absolute atomic E-state index is 0.0476. The minimum atomic E-state index is -1.34. The molecular formula is C27H43IO6. The molecule has 194 valence electrons. The average Bonchev–Trinajstić information content (AvgIpc) is 3.06. The van der Waals surface area contributed by atoms with E-state index in [1.54, 1.807) is 13.0 Å². The van der Waals surface area contributed by atoms with E-state index in [2.05, 4.69) is 29.5 Å². The molecule has 0 spiro atoms.